The Morgan fingerprint density at radius 1 is 1.36 bits per heavy atom. The van der Waals surface area contributed by atoms with Crippen molar-refractivity contribution in [1.82, 2.24) is 10.5 Å². The maximum Gasteiger partial charge on any atom is 0.0915 e. The Kier molecular flexibility index (Phi) is 5.90. The summed E-state index contributed by atoms with van der Waals surface area (Å²) in [6, 6.07) is 5.89. The summed E-state index contributed by atoms with van der Waals surface area (Å²) in [7, 11) is 1.65. The zero-order valence-corrected chi connectivity index (χ0v) is 8.40. The van der Waals surface area contributed by atoms with Gasteiger partial charge >= 0.3 is 0 Å². The van der Waals surface area contributed by atoms with Gasteiger partial charge in [-0.2, -0.15) is 0 Å². The molecule has 0 atom stereocenters. The molecular weight excluding hydrogens is 180 g/mol. The number of nitrogens with zero attached hydrogens (tertiary/aromatic N) is 1. The molecule has 0 unspecified atom stereocenters. The van der Waals surface area contributed by atoms with Gasteiger partial charge in [-0.3, -0.25) is 9.82 Å². The lowest BCUT2D eigenvalue weighted by Crippen LogP contribution is -2.20. The molecule has 1 heterocycles. The summed E-state index contributed by atoms with van der Waals surface area (Å²) in [5, 5.41) is 0. The first-order chi connectivity index (χ1) is 6.93. The minimum atomic E-state index is 0.568. The zero-order valence-electron chi connectivity index (χ0n) is 8.40. The molecule has 1 aromatic rings. The number of nitrogens with one attached hydrogen (secondary N) is 1. The molecule has 0 aliphatic rings. The van der Waals surface area contributed by atoms with Crippen molar-refractivity contribution in [3.63, 3.8) is 0 Å². The highest BCUT2D eigenvalue weighted by atomic mass is 16.7. The second-order valence-electron chi connectivity index (χ2n) is 2.81. The Balaban J connectivity index is 1.99. The second kappa shape index (κ2) is 7.44. The number of rotatable bonds is 7. The largest absolute Gasteiger partial charge is 0.382 e. The second-order valence-corrected chi connectivity index (χ2v) is 2.81. The number of hydrogen-bond donors (Lipinski definition) is 1. The first-order valence-corrected chi connectivity index (χ1v) is 4.67. The number of aromatic nitrogens is 1. The van der Waals surface area contributed by atoms with E-state index >= 15 is 0 Å². The Morgan fingerprint density at radius 2 is 2.29 bits per heavy atom. The third-order valence-corrected chi connectivity index (χ3v) is 1.70. The molecule has 0 saturated heterocycles. The maximum absolute atomic E-state index is 5.09. The van der Waals surface area contributed by atoms with Gasteiger partial charge in [-0.1, -0.05) is 6.07 Å². The van der Waals surface area contributed by atoms with Gasteiger partial charge in [0.05, 0.1) is 13.2 Å². The van der Waals surface area contributed by atoms with E-state index in [9.17, 15) is 0 Å². The number of hydrogen-bond acceptors (Lipinski definition) is 4. The van der Waals surface area contributed by atoms with Crippen molar-refractivity contribution in [1.29, 1.82) is 0 Å². The SMILES string of the molecule is COCCONCCc1ccccn1. The Hall–Kier alpha value is -0.970. The molecule has 4 nitrogen and oxygen atoms in total. The van der Waals surface area contributed by atoms with Gasteiger partial charge in [0.1, 0.15) is 0 Å². The van der Waals surface area contributed by atoms with Crippen LogP contribution in [0.1, 0.15) is 5.69 Å². The lowest BCUT2D eigenvalue weighted by Gasteiger charge is -2.04. The summed E-state index contributed by atoms with van der Waals surface area (Å²) in [6.45, 7) is 1.94. The van der Waals surface area contributed by atoms with Gasteiger partial charge in [-0.05, 0) is 12.1 Å². The van der Waals surface area contributed by atoms with Crippen LogP contribution in [0.15, 0.2) is 24.4 Å². The standard InChI is InChI=1S/C10H16N2O2/c1-13-8-9-14-12-7-5-10-4-2-3-6-11-10/h2-4,6,12H,5,7-9H2,1H3. The van der Waals surface area contributed by atoms with E-state index in [-0.39, 0.29) is 0 Å². The van der Waals surface area contributed by atoms with Crippen LogP contribution in [0.4, 0.5) is 0 Å². The topological polar surface area (TPSA) is 43.4 Å². The van der Waals surface area contributed by atoms with Crippen LogP contribution in [0, 0.1) is 0 Å². The van der Waals surface area contributed by atoms with Crippen LogP contribution in [0.3, 0.4) is 0 Å². The van der Waals surface area contributed by atoms with E-state index in [1.54, 1.807) is 13.3 Å². The molecule has 14 heavy (non-hydrogen) atoms. The molecule has 0 radical (unpaired) electrons. The van der Waals surface area contributed by atoms with Gasteiger partial charge in [0.2, 0.25) is 0 Å². The molecule has 0 spiro atoms. The summed E-state index contributed by atoms with van der Waals surface area (Å²) in [6.07, 6.45) is 2.66. The monoisotopic (exact) mass is 196 g/mol. The molecule has 0 amide bonds. The summed E-state index contributed by atoms with van der Waals surface area (Å²) >= 11 is 0. The summed E-state index contributed by atoms with van der Waals surface area (Å²) < 4.78 is 4.83. The molecule has 0 aromatic carbocycles. The van der Waals surface area contributed by atoms with Crippen LogP contribution in [0.5, 0.6) is 0 Å². The molecule has 4 heteroatoms. The Bertz CT molecular complexity index is 229. The van der Waals surface area contributed by atoms with E-state index in [0.717, 1.165) is 18.7 Å². The lowest BCUT2D eigenvalue weighted by atomic mass is 10.3. The van der Waals surface area contributed by atoms with E-state index in [2.05, 4.69) is 10.5 Å². The predicted octanol–water partition coefficient (Wildman–Crippen LogP) is 0.792. The fourth-order valence-electron chi connectivity index (χ4n) is 0.994. The van der Waals surface area contributed by atoms with Crippen LogP contribution < -0.4 is 5.48 Å². The van der Waals surface area contributed by atoms with Crippen molar-refractivity contribution >= 4 is 0 Å². The molecular formula is C10H16N2O2. The van der Waals surface area contributed by atoms with Crippen molar-refractivity contribution in [2.75, 3.05) is 26.9 Å². The van der Waals surface area contributed by atoms with Crippen molar-refractivity contribution in [3.05, 3.63) is 30.1 Å². The highest BCUT2D eigenvalue weighted by Crippen LogP contribution is 1.92. The molecule has 0 fully saturated rings. The van der Waals surface area contributed by atoms with Crippen molar-refractivity contribution in [3.8, 4) is 0 Å². The minimum absolute atomic E-state index is 0.568. The fraction of sp³-hybridized carbons (Fsp3) is 0.500. The van der Waals surface area contributed by atoms with Gasteiger partial charge in [0, 0.05) is 32.0 Å². The molecule has 1 N–H and O–H groups in total. The van der Waals surface area contributed by atoms with E-state index in [4.69, 9.17) is 9.57 Å². The maximum atomic E-state index is 5.09. The predicted molar refractivity (Wildman–Crippen MR) is 53.8 cm³/mol. The van der Waals surface area contributed by atoms with Crippen molar-refractivity contribution < 1.29 is 9.57 Å². The highest BCUT2D eigenvalue weighted by molar-refractivity contribution is 5.03. The van der Waals surface area contributed by atoms with E-state index in [1.807, 2.05) is 18.2 Å². The molecule has 0 aliphatic heterocycles. The van der Waals surface area contributed by atoms with Crippen LogP contribution in [-0.2, 0) is 16.0 Å². The summed E-state index contributed by atoms with van der Waals surface area (Å²) in [4.78, 5) is 9.29. The smallest absolute Gasteiger partial charge is 0.0915 e. The van der Waals surface area contributed by atoms with Crippen molar-refractivity contribution in [2.45, 2.75) is 6.42 Å². The van der Waals surface area contributed by atoms with E-state index in [1.165, 1.54) is 0 Å². The quantitative estimate of drug-likeness (QED) is 0.517. The molecule has 1 aromatic heterocycles. The fourth-order valence-corrected chi connectivity index (χ4v) is 0.994. The van der Waals surface area contributed by atoms with E-state index in [0.29, 0.717) is 13.2 Å². The molecule has 0 aliphatic carbocycles. The third kappa shape index (κ3) is 4.91. The Morgan fingerprint density at radius 3 is 3.00 bits per heavy atom. The molecule has 78 valence electrons. The van der Waals surface area contributed by atoms with Crippen LogP contribution in [0.2, 0.25) is 0 Å². The first-order valence-electron chi connectivity index (χ1n) is 4.67. The van der Waals surface area contributed by atoms with Gasteiger partial charge in [0.25, 0.3) is 0 Å². The Labute approximate surface area is 84.2 Å². The number of ether oxygens (including phenoxy) is 1. The normalized spacial score (nSPS) is 10.4. The van der Waals surface area contributed by atoms with Gasteiger partial charge in [0.15, 0.2) is 0 Å². The van der Waals surface area contributed by atoms with Crippen molar-refractivity contribution in [2.24, 2.45) is 0 Å². The molecule has 1 rings (SSSR count). The highest BCUT2D eigenvalue weighted by Gasteiger charge is 1.92. The number of pyridine rings is 1. The lowest BCUT2D eigenvalue weighted by molar-refractivity contribution is 0.00750. The number of hydroxylamine groups is 1. The van der Waals surface area contributed by atoms with Gasteiger partial charge in [-0.25, -0.2) is 5.48 Å². The van der Waals surface area contributed by atoms with Crippen LogP contribution in [-0.4, -0.2) is 31.9 Å². The zero-order chi connectivity index (χ0) is 10.1. The van der Waals surface area contributed by atoms with Gasteiger partial charge in [-0.15, -0.1) is 0 Å². The molecule has 0 bridgehead atoms. The average molecular weight is 196 g/mol. The van der Waals surface area contributed by atoms with Crippen LogP contribution >= 0.6 is 0 Å². The van der Waals surface area contributed by atoms with Gasteiger partial charge < -0.3 is 4.74 Å². The van der Waals surface area contributed by atoms with E-state index < -0.39 is 0 Å². The minimum Gasteiger partial charge on any atom is -0.382 e. The molecule has 0 saturated carbocycles. The number of methoxy groups -OCH3 is 1. The third-order valence-electron chi connectivity index (χ3n) is 1.70. The first kappa shape index (κ1) is 11.1. The van der Waals surface area contributed by atoms with Crippen LogP contribution in [0.25, 0.3) is 0 Å². The summed E-state index contributed by atoms with van der Waals surface area (Å²) in [5.41, 5.74) is 3.91. The summed E-state index contributed by atoms with van der Waals surface area (Å²) in [5.74, 6) is 0. The average Bonchev–Trinajstić information content (AvgIpc) is 2.25.